The van der Waals surface area contributed by atoms with Crippen molar-refractivity contribution >= 4 is 0 Å². The molecule has 3 rings (SSSR count). The summed E-state index contributed by atoms with van der Waals surface area (Å²) < 4.78 is 18.6. The summed E-state index contributed by atoms with van der Waals surface area (Å²) in [6, 6.07) is 6.58. The monoisotopic (exact) mass is 260 g/mol. The van der Waals surface area contributed by atoms with Gasteiger partial charge >= 0.3 is 0 Å². The maximum Gasteiger partial charge on any atom is 0.123 e. The van der Waals surface area contributed by atoms with Crippen LogP contribution in [0.5, 0.6) is 0 Å². The maximum absolute atomic E-state index is 13.1. The van der Waals surface area contributed by atoms with E-state index in [0.717, 1.165) is 41.7 Å². The van der Waals surface area contributed by atoms with Gasteiger partial charge in [0.1, 0.15) is 11.6 Å². The van der Waals surface area contributed by atoms with Crippen molar-refractivity contribution in [1.29, 1.82) is 0 Å². The van der Waals surface area contributed by atoms with Crippen molar-refractivity contribution in [3.8, 4) is 0 Å². The Morgan fingerprint density at radius 1 is 1.37 bits per heavy atom. The molecule has 0 amide bonds. The number of furan rings is 1. The van der Waals surface area contributed by atoms with Crippen molar-refractivity contribution in [2.45, 2.75) is 38.2 Å². The van der Waals surface area contributed by atoms with E-state index in [0.29, 0.717) is 6.42 Å². The zero-order chi connectivity index (χ0) is 13.5. The summed E-state index contributed by atoms with van der Waals surface area (Å²) in [7, 11) is 0. The number of hydrogen-bond acceptors (Lipinski definition) is 2. The predicted molar refractivity (Wildman–Crippen MR) is 70.4 cm³/mol. The molecule has 0 saturated carbocycles. The topological polar surface area (TPSA) is 33.4 Å². The Morgan fingerprint density at radius 3 is 3.00 bits per heavy atom. The second-order valence-electron chi connectivity index (χ2n) is 5.39. The van der Waals surface area contributed by atoms with Gasteiger partial charge in [-0.25, -0.2) is 4.39 Å². The molecule has 2 aromatic rings. The third kappa shape index (κ3) is 2.19. The van der Waals surface area contributed by atoms with E-state index in [4.69, 9.17) is 4.42 Å². The van der Waals surface area contributed by atoms with Crippen LogP contribution in [0.15, 0.2) is 34.9 Å². The van der Waals surface area contributed by atoms with Crippen LogP contribution in [0.3, 0.4) is 0 Å². The van der Waals surface area contributed by atoms with Gasteiger partial charge in [0.2, 0.25) is 0 Å². The minimum Gasteiger partial charge on any atom is -0.469 e. The third-order valence-electron chi connectivity index (χ3n) is 4.03. The molecule has 1 atom stereocenters. The summed E-state index contributed by atoms with van der Waals surface area (Å²) in [6.07, 6.45) is 4.66. The molecular weight excluding hydrogens is 243 g/mol. The molecule has 1 heterocycles. The first-order valence-corrected chi connectivity index (χ1v) is 6.63. The van der Waals surface area contributed by atoms with E-state index in [1.807, 2.05) is 13.0 Å². The molecule has 3 heteroatoms. The van der Waals surface area contributed by atoms with Crippen molar-refractivity contribution in [3.05, 3.63) is 58.8 Å². The number of aryl methyl sites for hydroxylation is 2. The molecule has 2 nitrogen and oxygen atoms in total. The highest BCUT2D eigenvalue weighted by molar-refractivity contribution is 5.34. The number of hydrogen-bond donors (Lipinski definition) is 1. The Kier molecular flexibility index (Phi) is 2.94. The first-order chi connectivity index (χ1) is 9.08. The van der Waals surface area contributed by atoms with Crippen LogP contribution in [0, 0.1) is 12.7 Å². The molecule has 1 aliphatic carbocycles. The van der Waals surface area contributed by atoms with Crippen LogP contribution in [-0.2, 0) is 18.4 Å². The van der Waals surface area contributed by atoms with Crippen molar-refractivity contribution in [2.24, 2.45) is 0 Å². The number of rotatable bonds is 2. The zero-order valence-corrected chi connectivity index (χ0v) is 10.9. The third-order valence-corrected chi connectivity index (χ3v) is 4.03. The molecule has 1 aromatic heterocycles. The van der Waals surface area contributed by atoms with Gasteiger partial charge in [-0.15, -0.1) is 0 Å². The quantitative estimate of drug-likeness (QED) is 0.896. The summed E-state index contributed by atoms with van der Waals surface area (Å²) in [5.74, 6) is 0.648. The summed E-state index contributed by atoms with van der Waals surface area (Å²) in [5.41, 5.74) is 1.87. The fourth-order valence-corrected chi connectivity index (χ4v) is 2.98. The first kappa shape index (κ1) is 12.4. The smallest absolute Gasteiger partial charge is 0.123 e. The predicted octanol–water partition coefficient (Wildman–Crippen LogP) is 3.49. The lowest BCUT2D eigenvalue weighted by Crippen LogP contribution is -2.32. The fourth-order valence-electron chi connectivity index (χ4n) is 2.98. The van der Waals surface area contributed by atoms with Gasteiger partial charge in [-0.1, -0.05) is 6.07 Å². The largest absolute Gasteiger partial charge is 0.469 e. The molecule has 0 radical (unpaired) electrons. The molecule has 100 valence electrons. The Hall–Kier alpha value is -1.61. The van der Waals surface area contributed by atoms with Crippen LogP contribution in [0.2, 0.25) is 0 Å². The Labute approximate surface area is 111 Å². The van der Waals surface area contributed by atoms with Gasteiger partial charge in [0.05, 0.1) is 11.9 Å². The number of fused-ring (bicyclic) bond motifs is 1. The highest BCUT2D eigenvalue weighted by Crippen LogP contribution is 2.38. The highest BCUT2D eigenvalue weighted by atomic mass is 19.1. The summed E-state index contributed by atoms with van der Waals surface area (Å²) in [6.45, 7) is 1.88. The minimum absolute atomic E-state index is 0.235. The van der Waals surface area contributed by atoms with Crippen LogP contribution in [0.4, 0.5) is 4.39 Å². The Balaban J connectivity index is 1.95. The second-order valence-corrected chi connectivity index (χ2v) is 5.39. The van der Waals surface area contributed by atoms with Crippen LogP contribution >= 0.6 is 0 Å². The molecular formula is C16H17FO2. The van der Waals surface area contributed by atoms with Crippen molar-refractivity contribution in [2.75, 3.05) is 0 Å². The molecule has 0 fully saturated rings. The van der Waals surface area contributed by atoms with E-state index in [1.54, 1.807) is 12.3 Å². The summed E-state index contributed by atoms with van der Waals surface area (Å²) in [5, 5.41) is 10.9. The standard InChI is InChI=1S/C16H17FO2/c1-11-9-13(17)5-4-12(11)10-16(18)7-2-3-15-14(16)6-8-19-15/h4-6,8-9,18H,2-3,7,10H2,1H3. The van der Waals surface area contributed by atoms with E-state index in [2.05, 4.69) is 0 Å². The minimum atomic E-state index is -0.886. The van der Waals surface area contributed by atoms with Gasteiger partial charge in [-0.2, -0.15) is 0 Å². The average molecular weight is 260 g/mol. The van der Waals surface area contributed by atoms with Gasteiger partial charge in [-0.05, 0) is 49.1 Å². The summed E-state index contributed by atoms with van der Waals surface area (Å²) >= 11 is 0. The second kappa shape index (κ2) is 4.49. The van der Waals surface area contributed by atoms with E-state index in [9.17, 15) is 9.50 Å². The van der Waals surface area contributed by atoms with Crippen LogP contribution < -0.4 is 0 Å². The van der Waals surface area contributed by atoms with Gasteiger partial charge < -0.3 is 9.52 Å². The van der Waals surface area contributed by atoms with Crippen molar-refractivity contribution in [3.63, 3.8) is 0 Å². The van der Waals surface area contributed by atoms with Crippen LogP contribution in [0.25, 0.3) is 0 Å². The maximum atomic E-state index is 13.1. The number of halogens is 1. The van der Waals surface area contributed by atoms with Gasteiger partial charge in [0, 0.05) is 18.4 Å². The molecule has 1 unspecified atom stereocenters. The lowest BCUT2D eigenvalue weighted by atomic mass is 9.78. The molecule has 19 heavy (non-hydrogen) atoms. The molecule has 0 spiro atoms. The average Bonchev–Trinajstić information content (AvgIpc) is 2.83. The molecule has 0 bridgehead atoms. The Bertz CT molecular complexity index is 603. The number of aliphatic hydroxyl groups is 1. The summed E-state index contributed by atoms with van der Waals surface area (Å²) in [4.78, 5) is 0. The Morgan fingerprint density at radius 2 is 2.21 bits per heavy atom. The van der Waals surface area contributed by atoms with Gasteiger partial charge in [0.15, 0.2) is 0 Å². The van der Waals surface area contributed by atoms with Crippen LogP contribution in [-0.4, -0.2) is 5.11 Å². The molecule has 1 aromatic carbocycles. The lowest BCUT2D eigenvalue weighted by molar-refractivity contribution is 0.0167. The lowest BCUT2D eigenvalue weighted by Gasteiger charge is -2.32. The molecule has 1 aliphatic rings. The van der Waals surface area contributed by atoms with E-state index < -0.39 is 5.60 Å². The zero-order valence-electron chi connectivity index (χ0n) is 10.9. The van der Waals surface area contributed by atoms with Crippen molar-refractivity contribution in [1.82, 2.24) is 0 Å². The van der Waals surface area contributed by atoms with Gasteiger partial charge in [-0.3, -0.25) is 0 Å². The normalized spacial score (nSPS) is 22.3. The molecule has 0 aliphatic heterocycles. The molecule has 0 saturated heterocycles. The van der Waals surface area contributed by atoms with E-state index in [1.165, 1.54) is 12.1 Å². The van der Waals surface area contributed by atoms with Gasteiger partial charge in [0.25, 0.3) is 0 Å². The van der Waals surface area contributed by atoms with E-state index in [-0.39, 0.29) is 5.82 Å². The highest BCUT2D eigenvalue weighted by Gasteiger charge is 2.36. The molecule has 1 N–H and O–H groups in total. The van der Waals surface area contributed by atoms with Crippen LogP contribution in [0.1, 0.15) is 35.3 Å². The van der Waals surface area contributed by atoms with Crippen molar-refractivity contribution < 1.29 is 13.9 Å². The van der Waals surface area contributed by atoms with E-state index >= 15 is 0 Å². The number of benzene rings is 1. The fraction of sp³-hybridized carbons (Fsp3) is 0.375. The first-order valence-electron chi connectivity index (χ1n) is 6.63. The SMILES string of the molecule is Cc1cc(F)ccc1CC1(O)CCCc2occc21.